The molecule has 1 heterocycles. The van der Waals surface area contributed by atoms with Crippen LogP contribution >= 0.6 is 11.6 Å². The fourth-order valence-electron chi connectivity index (χ4n) is 1.64. The molecule has 2 rings (SSSR count). The highest BCUT2D eigenvalue weighted by Gasteiger charge is 2.19. The van der Waals surface area contributed by atoms with E-state index in [1.54, 1.807) is 18.2 Å². The molecule has 20 heavy (non-hydrogen) atoms. The summed E-state index contributed by atoms with van der Waals surface area (Å²) in [7, 11) is 1.53. The molecule has 1 aromatic heterocycles. The standard InChI is InChI=1S/C12H14ClN5O2/c1-7-3-4-8(5-9(7)13)12(19)14-10(6-20-2)11-15-17-18-16-11/h3-5,10H,6H2,1-2H3,(H,14,19)(H,15,16,17,18). The number of ether oxygens (including phenoxy) is 1. The number of rotatable bonds is 5. The van der Waals surface area contributed by atoms with Crippen LogP contribution in [0.5, 0.6) is 0 Å². The predicted octanol–water partition coefficient (Wildman–Crippen LogP) is 1.28. The second-order valence-corrected chi connectivity index (χ2v) is 4.62. The number of hydrogen-bond acceptors (Lipinski definition) is 5. The van der Waals surface area contributed by atoms with E-state index in [1.165, 1.54) is 7.11 Å². The molecule has 8 heteroatoms. The average molecular weight is 296 g/mol. The fraction of sp³-hybridized carbons (Fsp3) is 0.333. The Morgan fingerprint density at radius 1 is 1.55 bits per heavy atom. The van der Waals surface area contributed by atoms with Gasteiger partial charge in [0.15, 0.2) is 5.82 Å². The van der Waals surface area contributed by atoms with Crippen molar-refractivity contribution in [3.05, 3.63) is 40.2 Å². The first-order valence-corrected chi connectivity index (χ1v) is 6.29. The van der Waals surface area contributed by atoms with Crippen LogP contribution in [0.3, 0.4) is 0 Å². The summed E-state index contributed by atoms with van der Waals surface area (Å²) in [5.41, 5.74) is 1.38. The number of nitrogens with one attached hydrogen (secondary N) is 2. The number of halogens is 1. The van der Waals surface area contributed by atoms with Crippen LogP contribution in [0.15, 0.2) is 18.2 Å². The maximum absolute atomic E-state index is 12.2. The average Bonchev–Trinajstić information content (AvgIpc) is 2.95. The highest BCUT2D eigenvalue weighted by molar-refractivity contribution is 6.31. The Kier molecular flexibility index (Phi) is 4.65. The third-order valence-electron chi connectivity index (χ3n) is 2.75. The Hall–Kier alpha value is -1.99. The lowest BCUT2D eigenvalue weighted by Crippen LogP contribution is -2.32. The molecule has 0 bridgehead atoms. The summed E-state index contributed by atoms with van der Waals surface area (Å²) in [5, 5.41) is 16.8. The first kappa shape index (κ1) is 14.4. The first-order chi connectivity index (χ1) is 9.61. The van der Waals surface area contributed by atoms with E-state index in [2.05, 4.69) is 25.9 Å². The third kappa shape index (κ3) is 3.31. The second-order valence-electron chi connectivity index (χ2n) is 4.22. The number of amides is 1. The van der Waals surface area contributed by atoms with Gasteiger partial charge in [0.25, 0.3) is 5.91 Å². The molecule has 1 atom stereocenters. The molecule has 0 spiro atoms. The smallest absolute Gasteiger partial charge is 0.252 e. The number of H-pyrrole nitrogens is 1. The predicted molar refractivity (Wildman–Crippen MR) is 72.4 cm³/mol. The van der Waals surface area contributed by atoms with Gasteiger partial charge in [-0.1, -0.05) is 22.9 Å². The van der Waals surface area contributed by atoms with Gasteiger partial charge >= 0.3 is 0 Å². The second kappa shape index (κ2) is 6.44. The van der Waals surface area contributed by atoms with Gasteiger partial charge < -0.3 is 10.1 Å². The zero-order chi connectivity index (χ0) is 14.5. The number of nitrogens with zero attached hydrogens (tertiary/aromatic N) is 3. The molecule has 0 saturated heterocycles. The number of hydrogen-bond donors (Lipinski definition) is 2. The van der Waals surface area contributed by atoms with Gasteiger partial charge in [0.2, 0.25) is 0 Å². The Balaban J connectivity index is 2.13. The van der Waals surface area contributed by atoms with Crippen LogP contribution in [0.25, 0.3) is 0 Å². The maximum atomic E-state index is 12.2. The Morgan fingerprint density at radius 2 is 2.35 bits per heavy atom. The van der Waals surface area contributed by atoms with Crippen LogP contribution in [0.4, 0.5) is 0 Å². The third-order valence-corrected chi connectivity index (χ3v) is 3.15. The Labute approximate surface area is 120 Å². The van der Waals surface area contributed by atoms with E-state index in [1.807, 2.05) is 6.92 Å². The van der Waals surface area contributed by atoms with E-state index < -0.39 is 6.04 Å². The summed E-state index contributed by atoms with van der Waals surface area (Å²) < 4.78 is 5.04. The monoisotopic (exact) mass is 295 g/mol. The molecule has 2 N–H and O–H groups in total. The van der Waals surface area contributed by atoms with Gasteiger partial charge in [-0.3, -0.25) is 4.79 Å². The van der Waals surface area contributed by atoms with Crippen LogP contribution in [-0.2, 0) is 4.74 Å². The minimum atomic E-state index is -0.480. The van der Waals surface area contributed by atoms with Crippen molar-refractivity contribution >= 4 is 17.5 Å². The largest absolute Gasteiger partial charge is 0.382 e. The summed E-state index contributed by atoms with van der Waals surface area (Å²) in [6, 6.07) is 4.63. The molecule has 1 aromatic carbocycles. The molecule has 1 unspecified atom stereocenters. The molecule has 0 radical (unpaired) electrons. The lowest BCUT2D eigenvalue weighted by molar-refractivity contribution is 0.0892. The van der Waals surface area contributed by atoms with Crippen LogP contribution in [-0.4, -0.2) is 40.2 Å². The van der Waals surface area contributed by atoms with E-state index in [-0.39, 0.29) is 12.5 Å². The van der Waals surface area contributed by atoms with Gasteiger partial charge in [0.05, 0.1) is 6.61 Å². The highest BCUT2D eigenvalue weighted by atomic mass is 35.5. The van der Waals surface area contributed by atoms with Crippen LogP contribution in [0.1, 0.15) is 27.8 Å². The molecule has 7 nitrogen and oxygen atoms in total. The number of methoxy groups -OCH3 is 1. The summed E-state index contributed by atoms with van der Waals surface area (Å²) >= 11 is 6.01. The number of tetrazole rings is 1. The Morgan fingerprint density at radius 3 is 2.95 bits per heavy atom. The molecule has 0 aliphatic rings. The van der Waals surface area contributed by atoms with Gasteiger partial charge in [-0.2, -0.15) is 5.21 Å². The van der Waals surface area contributed by atoms with Crippen molar-refractivity contribution in [1.29, 1.82) is 0 Å². The summed E-state index contributed by atoms with van der Waals surface area (Å²) in [6.45, 7) is 2.11. The molecular formula is C12H14ClN5O2. The van der Waals surface area contributed by atoms with Crippen molar-refractivity contribution in [3.8, 4) is 0 Å². The topological polar surface area (TPSA) is 92.8 Å². The van der Waals surface area contributed by atoms with Crippen molar-refractivity contribution in [2.24, 2.45) is 0 Å². The van der Waals surface area contributed by atoms with Crippen molar-refractivity contribution in [1.82, 2.24) is 25.9 Å². The SMILES string of the molecule is COCC(NC(=O)c1ccc(C)c(Cl)c1)c1nn[nH]n1. The number of aryl methyl sites for hydroxylation is 1. The molecule has 106 valence electrons. The molecule has 0 saturated carbocycles. The van der Waals surface area contributed by atoms with E-state index in [9.17, 15) is 4.79 Å². The number of aromatic nitrogens is 4. The molecule has 1 amide bonds. The van der Waals surface area contributed by atoms with Gasteiger partial charge in [-0.05, 0) is 24.6 Å². The quantitative estimate of drug-likeness (QED) is 0.867. The maximum Gasteiger partial charge on any atom is 0.252 e. The number of benzene rings is 1. The molecular weight excluding hydrogens is 282 g/mol. The van der Waals surface area contributed by atoms with Gasteiger partial charge in [-0.15, -0.1) is 10.2 Å². The number of carbonyl (C=O) groups excluding carboxylic acids is 1. The lowest BCUT2D eigenvalue weighted by Gasteiger charge is -2.14. The van der Waals surface area contributed by atoms with Gasteiger partial charge in [-0.25, -0.2) is 0 Å². The fourth-order valence-corrected chi connectivity index (χ4v) is 1.82. The highest BCUT2D eigenvalue weighted by Crippen LogP contribution is 2.17. The molecule has 0 aliphatic heterocycles. The minimum absolute atomic E-state index is 0.241. The summed E-state index contributed by atoms with van der Waals surface area (Å²) in [6.07, 6.45) is 0. The number of carbonyl (C=O) groups is 1. The summed E-state index contributed by atoms with van der Waals surface area (Å²) in [5.74, 6) is 0.0807. The lowest BCUT2D eigenvalue weighted by atomic mass is 10.1. The van der Waals surface area contributed by atoms with Crippen molar-refractivity contribution in [2.75, 3.05) is 13.7 Å². The van der Waals surface area contributed by atoms with E-state index in [0.29, 0.717) is 16.4 Å². The van der Waals surface area contributed by atoms with Gasteiger partial charge in [0.1, 0.15) is 6.04 Å². The molecule has 2 aromatic rings. The molecule has 0 fully saturated rings. The van der Waals surface area contributed by atoms with Crippen molar-refractivity contribution < 1.29 is 9.53 Å². The first-order valence-electron chi connectivity index (χ1n) is 5.91. The van der Waals surface area contributed by atoms with Crippen molar-refractivity contribution in [2.45, 2.75) is 13.0 Å². The number of aromatic amines is 1. The van der Waals surface area contributed by atoms with Gasteiger partial charge in [0, 0.05) is 17.7 Å². The normalized spacial score (nSPS) is 12.2. The van der Waals surface area contributed by atoms with Crippen LogP contribution in [0.2, 0.25) is 5.02 Å². The zero-order valence-electron chi connectivity index (χ0n) is 11.1. The van der Waals surface area contributed by atoms with E-state index in [4.69, 9.17) is 16.3 Å². The minimum Gasteiger partial charge on any atom is -0.382 e. The van der Waals surface area contributed by atoms with Crippen LogP contribution in [0, 0.1) is 6.92 Å². The zero-order valence-corrected chi connectivity index (χ0v) is 11.8. The summed E-state index contributed by atoms with van der Waals surface area (Å²) in [4.78, 5) is 12.2. The van der Waals surface area contributed by atoms with Crippen LogP contribution < -0.4 is 5.32 Å². The molecule has 0 aliphatic carbocycles. The van der Waals surface area contributed by atoms with E-state index in [0.717, 1.165) is 5.56 Å². The van der Waals surface area contributed by atoms with E-state index >= 15 is 0 Å². The van der Waals surface area contributed by atoms with Crippen molar-refractivity contribution in [3.63, 3.8) is 0 Å². The Bertz CT molecular complexity index is 588.